The summed E-state index contributed by atoms with van der Waals surface area (Å²) in [5.74, 6) is 0.0761. The molecule has 0 aromatic carbocycles. The summed E-state index contributed by atoms with van der Waals surface area (Å²) in [4.78, 5) is 11.5. The quantitative estimate of drug-likeness (QED) is 0.630. The van der Waals surface area contributed by atoms with Gasteiger partial charge in [-0.2, -0.15) is 0 Å². The van der Waals surface area contributed by atoms with Crippen molar-refractivity contribution >= 4 is 5.97 Å². The fraction of sp³-hybridized carbons (Fsp3) is 0.900. The number of hydrogen-bond acceptors (Lipinski definition) is 4. The molecule has 0 radical (unpaired) electrons. The van der Waals surface area contributed by atoms with Crippen LogP contribution in [0.25, 0.3) is 0 Å². The van der Waals surface area contributed by atoms with Crippen molar-refractivity contribution in [3.63, 3.8) is 0 Å². The van der Waals surface area contributed by atoms with E-state index in [1.165, 1.54) is 7.11 Å². The maximum Gasteiger partial charge on any atom is 0.338 e. The van der Waals surface area contributed by atoms with Gasteiger partial charge in [0.05, 0.1) is 13.7 Å². The lowest BCUT2D eigenvalue weighted by molar-refractivity contribution is -0.181. The van der Waals surface area contributed by atoms with Gasteiger partial charge < -0.3 is 14.2 Å². The molecule has 1 heterocycles. The molecular weight excluding hydrogens is 184 g/mol. The predicted octanol–water partition coefficient (Wildman–Crippen LogP) is 0.744. The highest BCUT2D eigenvalue weighted by Gasteiger charge is 2.61. The van der Waals surface area contributed by atoms with Crippen LogP contribution in [0.4, 0.5) is 0 Å². The summed E-state index contributed by atoms with van der Waals surface area (Å²) in [6, 6.07) is 0. The van der Waals surface area contributed by atoms with Crippen molar-refractivity contribution in [2.24, 2.45) is 5.92 Å². The third-order valence-corrected chi connectivity index (χ3v) is 3.31. The minimum atomic E-state index is -0.508. The molecule has 0 spiro atoms. The zero-order valence-corrected chi connectivity index (χ0v) is 8.62. The lowest BCUT2D eigenvalue weighted by atomic mass is 9.68. The second-order valence-corrected chi connectivity index (χ2v) is 3.86. The summed E-state index contributed by atoms with van der Waals surface area (Å²) < 4.78 is 15.9. The van der Waals surface area contributed by atoms with Crippen molar-refractivity contribution in [2.75, 3.05) is 20.3 Å². The number of hydrogen-bond donors (Lipinski definition) is 0. The van der Waals surface area contributed by atoms with Gasteiger partial charge in [0.2, 0.25) is 0 Å². The molecule has 0 bridgehead atoms. The Morgan fingerprint density at radius 1 is 1.64 bits per heavy atom. The summed E-state index contributed by atoms with van der Waals surface area (Å²) in [6.07, 6.45) is 1.49. The van der Waals surface area contributed by atoms with Gasteiger partial charge in [0.25, 0.3) is 0 Å². The lowest BCUT2D eigenvalue weighted by Crippen LogP contribution is -2.56. The molecule has 1 saturated carbocycles. The number of methoxy groups -OCH3 is 1. The molecule has 0 unspecified atom stereocenters. The first-order valence-corrected chi connectivity index (χ1v) is 5.08. The van der Waals surface area contributed by atoms with Gasteiger partial charge in [0.1, 0.15) is 5.60 Å². The van der Waals surface area contributed by atoms with Crippen molar-refractivity contribution in [1.82, 2.24) is 0 Å². The molecule has 4 nitrogen and oxygen atoms in total. The molecule has 3 atom stereocenters. The topological polar surface area (TPSA) is 44.8 Å². The van der Waals surface area contributed by atoms with Crippen LogP contribution < -0.4 is 0 Å². The summed E-state index contributed by atoms with van der Waals surface area (Å²) in [5, 5.41) is 0. The Morgan fingerprint density at radius 3 is 2.93 bits per heavy atom. The van der Waals surface area contributed by atoms with Crippen LogP contribution in [-0.4, -0.2) is 38.0 Å². The van der Waals surface area contributed by atoms with E-state index >= 15 is 0 Å². The minimum absolute atomic E-state index is 0.305. The first kappa shape index (κ1) is 9.93. The van der Waals surface area contributed by atoms with Gasteiger partial charge in [-0.15, -0.1) is 0 Å². The van der Waals surface area contributed by atoms with Crippen molar-refractivity contribution in [2.45, 2.75) is 31.5 Å². The van der Waals surface area contributed by atoms with Gasteiger partial charge in [-0.25, -0.2) is 4.79 Å². The molecule has 0 aromatic heterocycles. The van der Waals surface area contributed by atoms with E-state index in [-0.39, 0.29) is 11.6 Å². The monoisotopic (exact) mass is 200 g/mol. The third-order valence-electron chi connectivity index (χ3n) is 3.31. The van der Waals surface area contributed by atoms with Crippen LogP contribution in [0, 0.1) is 5.92 Å². The highest BCUT2D eigenvalue weighted by molar-refractivity contribution is 5.77. The van der Waals surface area contributed by atoms with Crippen molar-refractivity contribution in [3.05, 3.63) is 0 Å². The Labute approximate surface area is 83.5 Å². The third kappa shape index (κ3) is 1.17. The molecule has 0 N–H and O–H groups in total. The van der Waals surface area contributed by atoms with Crippen LogP contribution in [0.15, 0.2) is 0 Å². The molecule has 2 fully saturated rings. The molecule has 0 amide bonds. The van der Waals surface area contributed by atoms with Crippen LogP contribution in [0.5, 0.6) is 0 Å². The van der Waals surface area contributed by atoms with Gasteiger partial charge in [-0.1, -0.05) is 0 Å². The largest absolute Gasteiger partial charge is 0.467 e. The maximum atomic E-state index is 11.5. The summed E-state index contributed by atoms with van der Waals surface area (Å²) in [6.45, 7) is 3.18. The lowest BCUT2D eigenvalue weighted by Gasteiger charge is -2.45. The van der Waals surface area contributed by atoms with Crippen LogP contribution in [0.2, 0.25) is 0 Å². The standard InChI is InChI=1S/C10H16O4/c1-3-14-10-5-4-7(10)6-13-8(10)9(11)12-2/h7-8H,3-6H2,1-2H3/t7-,8+,10+/m1/s1. The second kappa shape index (κ2) is 3.51. The van der Waals surface area contributed by atoms with E-state index in [0.29, 0.717) is 19.1 Å². The molecule has 14 heavy (non-hydrogen) atoms. The number of carbonyl (C=O) groups is 1. The van der Waals surface area contributed by atoms with E-state index in [9.17, 15) is 4.79 Å². The zero-order valence-electron chi connectivity index (χ0n) is 8.62. The number of rotatable bonds is 3. The minimum Gasteiger partial charge on any atom is -0.467 e. The zero-order chi connectivity index (χ0) is 10.2. The first-order chi connectivity index (χ1) is 6.74. The normalized spacial score (nSPS) is 40.1. The molecule has 2 aliphatic rings. The molecule has 2 rings (SSSR count). The van der Waals surface area contributed by atoms with Crippen LogP contribution in [0.1, 0.15) is 19.8 Å². The Morgan fingerprint density at radius 2 is 2.43 bits per heavy atom. The van der Waals surface area contributed by atoms with E-state index in [0.717, 1.165) is 12.8 Å². The Kier molecular flexibility index (Phi) is 2.49. The van der Waals surface area contributed by atoms with Crippen molar-refractivity contribution in [1.29, 1.82) is 0 Å². The Balaban J connectivity index is 2.13. The summed E-state index contributed by atoms with van der Waals surface area (Å²) >= 11 is 0. The predicted molar refractivity (Wildman–Crippen MR) is 48.8 cm³/mol. The van der Waals surface area contributed by atoms with Gasteiger partial charge in [0.15, 0.2) is 6.10 Å². The second-order valence-electron chi connectivity index (χ2n) is 3.86. The average Bonchev–Trinajstić information content (AvgIpc) is 2.41. The Bertz CT molecular complexity index is 240. The highest BCUT2D eigenvalue weighted by Crippen LogP contribution is 2.50. The highest BCUT2D eigenvalue weighted by atomic mass is 16.6. The average molecular weight is 200 g/mol. The summed E-state index contributed by atoms with van der Waals surface area (Å²) in [7, 11) is 1.39. The molecule has 1 saturated heterocycles. The van der Waals surface area contributed by atoms with Gasteiger partial charge in [-0.05, 0) is 19.8 Å². The van der Waals surface area contributed by atoms with E-state index in [2.05, 4.69) is 0 Å². The molecule has 1 aliphatic carbocycles. The molecule has 4 heteroatoms. The fourth-order valence-electron chi connectivity index (χ4n) is 2.46. The number of ether oxygens (including phenoxy) is 3. The van der Waals surface area contributed by atoms with Gasteiger partial charge in [-0.3, -0.25) is 0 Å². The molecule has 1 aliphatic heterocycles. The first-order valence-electron chi connectivity index (χ1n) is 5.08. The van der Waals surface area contributed by atoms with E-state index in [1.54, 1.807) is 0 Å². The van der Waals surface area contributed by atoms with Gasteiger partial charge in [0, 0.05) is 12.5 Å². The smallest absolute Gasteiger partial charge is 0.338 e. The van der Waals surface area contributed by atoms with E-state index in [4.69, 9.17) is 14.2 Å². The number of esters is 1. The van der Waals surface area contributed by atoms with Gasteiger partial charge >= 0.3 is 5.97 Å². The number of carbonyl (C=O) groups excluding carboxylic acids is 1. The van der Waals surface area contributed by atoms with E-state index in [1.807, 2.05) is 6.92 Å². The van der Waals surface area contributed by atoms with E-state index < -0.39 is 6.10 Å². The molecule has 0 aromatic rings. The Hall–Kier alpha value is -0.610. The SMILES string of the molecule is CCO[C@@]12CC[C@@H]1CO[C@H]2C(=O)OC. The molecule has 80 valence electrons. The maximum absolute atomic E-state index is 11.5. The van der Waals surface area contributed by atoms with Crippen LogP contribution in [0.3, 0.4) is 0 Å². The number of fused-ring (bicyclic) bond motifs is 1. The fourth-order valence-corrected chi connectivity index (χ4v) is 2.46. The summed E-state index contributed by atoms with van der Waals surface area (Å²) in [5.41, 5.74) is -0.373. The van der Waals surface area contributed by atoms with Crippen LogP contribution in [-0.2, 0) is 19.0 Å². The molecular formula is C10H16O4. The van der Waals surface area contributed by atoms with Crippen LogP contribution >= 0.6 is 0 Å². The van der Waals surface area contributed by atoms with Crippen molar-refractivity contribution < 1.29 is 19.0 Å². The van der Waals surface area contributed by atoms with Crippen molar-refractivity contribution in [3.8, 4) is 0 Å².